The molecule has 20 heavy (non-hydrogen) atoms. The van der Waals surface area contributed by atoms with Crippen molar-refractivity contribution in [2.24, 2.45) is 5.92 Å². The Hall–Kier alpha value is -0.610. The number of hydrogen-bond donors (Lipinski definition) is 2. The third-order valence-electron chi connectivity index (χ3n) is 4.89. The molecule has 2 N–H and O–H groups in total. The summed E-state index contributed by atoms with van der Waals surface area (Å²) in [4.78, 5) is 14.0. The summed E-state index contributed by atoms with van der Waals surface area (Å²) >= 11 is 0. The fourth-order valence-electron chi connectivity index (χ4n) is 3.29. The van der Waals surface area contributed by atoms with Gasteiger partial charge in [-0.25, -0.2) is 0 Å². The molecule has 1 rings (SSSR count). The topological polar surface area (TPSA) is 52.6 Å². The summed E-state index contributed by atoms with van der Waals surface area (Å²) in [5, 5.41) is 12.7. The number of carboxylic acid groups (broad SMARTS) is 1. The number of aliphatic carboxylic acids is 1. The highest BCUT2D eigenvalue weighted by molar-refractivity contribution is 5.78. The van der Waals surface area contributed by atoms with Gasteiger partial charge in [-0.2, -0.15) is 0 Å². The van der Waals surface area contributed by atoms with Crippen molar-refractivity contribution in [1.29, 1.82) is 0 Å². The maximum Gasteiger partial charge on any atom is 0.323 e. The van der Waals surface area contributed by atoms with Crippen LogP contribution in [-0.2, 0) is 4.79 Å². The lowest BCUT2D eigenvalue weighted by molar-refractivity contribution is -0.145. The molecule has 0 saturated carbocycles. The zero-order valence-corrected chi connectivity index (χ0v) is 13.5. The largest absolute Gasteiger partial charge is 0.480 e. The lowest BCUT2D eigenvalue weighted by Gasteiger charge is -2.33. The Labute approximate surface area is 123 Å². The van der Waals surface area contributed by atoms with Gasteiger partial charge < -0.3 is 15.3 Å². The maximum atomic E-state index is 11.5. The van der Waals surface area contributed by atoms with E-state index in [4.69, 9.17) is 0 Å². The minimum Gasteiger partial charge on any atom is -0.480 e. The van der Waals surface area contributed by atoms with Crippen molar-refractivity contribution in [3.8, 4) is 0 Å². The Bertz CT molecular complexity index is 288. The van der Waals surface area contributed by atoms with Crippen LogP contribution in [-0.4, -0.2) is 47.7 Å². The Morgan fingerprint density at radius 2 is 1.95 bits per heavy atom. The molecule has 4 heteroatoms. The van der Waals surface area contributed by atoms with Gasteiger partial charge in [0.15, 0.2) is 0 Å². The van der Waals surface area contributed by atoms with Crippen LogP contribution in [0.15, 0.2) is 0 Å². The molecular formula is C16H32N2O2. The molecule has 1 aliphatic heterocycles. The van der Waals surface area contributed by atoms with E-state index in [0.29, 0.717) is 13.0 Å². The third-order valence-corrected chi connectivity index (χ3v) is 4.89. The van der Waals surface area contributed by atoms with Gasteiger partial charge in [-0.15, -0.1) is 0 Å². The van der Waals surface area contributed by atoms with Crippen molar-refractivity contribution in [2.75, 3.05) is 26.2 Å². The Morgan fingerprint density at radius 1 is 1.30 bits per heavy atom. The van der Waals surface area contributed by atoms with Crippen LogP contribution in [0.3, 0.4) is 0 Å². The number of likely N-dealkylation sites (tertiary alicyclic amines) is 1. The van der Waals surface area contributed by atoms with Gasteiger partial charge in [0.05, 0.1) is 0 Å². The number of likely N-dealkylation sites (N-methyl/N-ethyl adjacent to an activating group) is 1. The predicted molar refractivity (Wildman–Crippen MR) is 83.0 cm³/mol. The molecule has 0 aromatic heterocycles. The van der Waals surface area contributed by atoms with Gasteiger partial charge in [-0.05, 0) is 64.2 Å². The first-order chi connectivity index (χ1) is 9.57. The molecule has 118 valence electrons. The first kappa shape index (κ1) is 17.4. The van der Waals surface area contributed by atoms with Crippen LogP contribution in [0.5, 0.6) is 0 Å². The first-order valence-corrected chi connectivity index (χ1v) is 8.28. The number of nitrogens with one attached hydrogen (secondary N) is 1. The molecule has 0 radical (unpaired) electrons. The van der Waals surface area contributed by atoms with Crippen LogP contribution < -0.4 is 5.32 Å². The molecule has 0 amide bonds. The van der Waals surface area contributed by atoms with Crippen molar-refractivity contribution >= 4 is 5.97 Å². The maximum absolute atomic E-state index is 11.5. The van der Waals surface area contributed by atoms with Crippen LogP contribution in [0.2, 0.25) is 0 Å². The van der Waals surface area contributed by atoms with E-state index in [1.807, 2.05) is 13.8 Å². The minimum atomic E-state index is -0.726. The van der Waals surface area contributed by atoms with E-state index in [9.17, 15) is 9.90 Å². The number of hydrogen-bond acceptors (Lipinski definition) is 3. The van der Waals surface area contributed by atoms with E-state index >= 15 is 0 Å². The van der Waals surface area contributed by atoms with Crippen molar-refractivity contribution < 1.29 is 9.90 Å². The quantitative estimate of drug-likeness (QED) is 0.683. The molecule has 0 bridgehead atoms. The van der Waals surface area contributed by atoms with Gasteiger partial charge in [0.1, 0.15) is 5.54 Å². The highest BCUT2D eigenvalue weighted by Gasteiger charge is 2.35. The molecular weight excluding hydrogens is 252 g/mol. The summed E-state index contributed by atoms with van der Waals surface area (Å²) in [7, 11) is 0. The van der Waals surface area contributed by atoms with E-state index in [1.54, 1.807) is 0 Å². The second kappa shape index (κ2) is 8.63. The van der Waals surface area contributed by atoms with E-state index in [2.05, 4.69) is 17.1 Å². The molecule has 1 heterocycles. The van der Waals surface area contributed by atoms with Crippen LogP contribution in [0.1, 0.15) is 59.3 Å². The lowest BCUT2D eigenvalue weighted by atomic mass is 9.89. The Morgan fingerprint density at radius 3 is 2.40 bits per heavy atom. The van der Waals surface area contributed by atoms with Crippen LogP contribution in [0, 0.1) is 5.92 Å². The SMILES string of the molecule is CCNC(CC)(CCCN1CCC(CC)CC1)C(=O)O. The van der Waals surface area contributed by atoms with Crippen molar-refractivity contribution in [3.63, 3.8) is 0 Å². The summed E-state index contributed by atoms with van der Waals surface area (Å²) in [6.45, 7) is 10.3. The van der Waals surface area contributed by atoms with Gasteiger partial charge in [-0.3, -0.25) is 4.79 Å². The highest BCUT2D eigenvalue weighted by Crippen LogP contribution is 2.22. The highest BCUT2D eigenvalue weighted by atomic mass is 16.4. The van der Waals surface area contributed by atoms with Crippen molar-refractivity contribution in [2.45, 2.75) is 64.8 Å². The van der Waals surface area contributed by atoms with Gasteiger partial charge in [-0.1, -0.05) is 27.2 Å². The van der Waals surface area contributed by atoms with Gasteiger partial charge in [0.25, 0.3) is 0 Å². The van der Waals surface area contributed by atoms with E-state index in [-0.39, 0.29) is 0 Å². The van der Waals surface area contributed by atoms with E-state index in [0.717, 1.165) is 25.3 Å². The standard InChI is InChI=1S/C16H32N2O2/c1-4-14-8-12-18(13-9-14)11-7-10-16(5-2,15(19)20)17-6-3/h14,17H,4-13H2,1-3H3,(H,19,20). The lowest BCUT2D eigenvalue weighted by Crippen LogP contribution is -2.52. The Balaban J connectivity index is 2.36. The number of piperidine rings is 1. The zero-order valence-electron chi connectivity index (χ0n) is 13.5. The summed E-state index contributed by atoms with van der Waals surface area (Å²) in [6, 6.07) is 0. The van der Waals surface area contributed by atoms with Crippen molar-refractivity contribution in [3.05, 3.63) is 0 Å². The zero-order chi connectivity index (χ0) is 15.0. The molecule has 1 aliphatic rings. The molecule has 0 aromatic carbocycles. The molecule has 0 spiro atoms. The molecule has 1 saturated heterocycles. The molecule has 1 atom stereocenters. The predicted octanol–water partition coefficient (Wildman–Crippen LogP) is 2.73. The minimum absolute atomic E-state index is 0.647. The molecule has 0 aliphatic carbocycles. The van der Waals surface area contributed by atoms with Crippen LogP contribution >= 0.6 is 0 Å². The average Bonchev–Trinajstić information content (AvgIpc) is 2.46. The molecule has 1 unspecified atom stereocenters. The van der Waals surface area contributed by atoms with Crippen LogP contribution in [0.4, 0.5) is 0 Å². The first-order valence-electron chi connectivity index (χ1n) is 8.28. The second-order valence-corrected chi connectivity index (χ2v) is 6.07. The third kappa shape index (κ3) is 4.74. The fraction of sp³-hybridized carbons (Fsp3) is 0.938. The smallest absolute Gasteiger partial charge is 0.323 e. The number of carbonyl (C=O) groups is 1. The van der Waals surface area contributed by atoms with Crippen LogP contribution in [0.25, 0.3) is 0 Å². The van der Waals surface area contributed by atoms with E-state index < -0.39 is 11.5 Å². The number of nitrogens with zero attached hydrogens (tertiary/aromatic N) is 1. The van der Waals surface area contributed by atoms with Gasteiger partial charge in [0.2, 0.25) is 0 Å². The summed E-state index contributed by atoms with van der Waals surface area (Å²) in [5.74, 6) is 0.202. The van der Waals surface area contributed by atoms with Gasteiger partial charge in [0, 0.05) is 0 Å². The normalized spacial score (nSPS) is 20.8. The average molecular weight is 284 g/mol. The number of carboxylic acids is 1. The Kier molecular flexibility index (Phi) is 7.52. The molecule has 1 fully saturated rings. The summed E-state index contributed by atoms with van der Waals surface area (Å²) < 4.78 is 0. The molecule has 4 nitrogen and oxygen atoms in total. The summed E-state index contributed by atoms with van der Waals surface area (Å²) in [6.07, 6.45) is 6.24. The second-order valence-electron chi connectivity index (χ2n) is 6.07. The van der Waals surface area contributed by atoms with Crippen molar-refractivity contribution in [1.82, 2.24) is 10.2 Å². The van der Waals surface area contributed by atoms with Gasteiger partial charge >= 0.3 is 5.97 Å². The monoisotopic (exact) mass is 284 g/mol. The molecule has 0 aromatic rings. The van der Waals surface area contributed by atoms with E-state index in [1.165, 1.54) is 32.4 Å². The fourth-order valence-corrected chi connectivity index (χ4v) is 3.29. The number of rotatable bonds is 9. The summed E-state index contributed by atoms with van der Waals surface area (Å²) in [5.41, 5.74) is -0.726.